The minimum atomic E-state index is -0.207. The van der Waals surface area contributed by atoms with Crippen LogP contribution in [0.15, 0.2) is 29.6 Å². The summed E-state index contributed by atoms with van der Waals surface area (Å²) in [4.78, 5) is 27.7. The Hall–Kier alpha value is -2.36. The highest BCUT2D eigenvalue weighted by Gasteiger charge is 2.35. The zero-order valence-electron chi connectivity index (χ0n) is 13.7. The van der Waals surface area contributed by atoms with Crippen LogP contribution in [0.3, 0.4) is 0 Å². The number of carbonyl (C=O) groups is 2. The van der Waals surface area contributed by atoms with Crippen LogP contribution in [0.5, 0.6) is 0 Å². The van der Waals surface area contributed by atoms with Gasteiger partial charge in [0.2, 0.25) is 5.91 Å². The van der Waals surface area contributed by atoms with Gasteiger partial charge in [0, 0.05) is 28.6 Å². The van der Waals surface area contributed by atoms with Gasteiger partial charge in [-0.15, -0.1) is 11.3 Å². The van der Waals surface area contributed by atoms with Gasteiger partial charge in [-0.2, -0.15) is 0 Å². The van der Waals surface area contributed by atoms with Crippen molar-refractivity contribution in [2.75, 3.05) is 39.0 Å². The van der Waals surface area contributed by atoms with Gasteiger partial charge in [-0.25, -0.2) is 0 Å². The summed E-state index contributed by atoms with van der Waals surface area (Å²) in [6, 6.07) is 7.97. The Bertz CT molecular complexity index is 825. The topological polar surface area (TPSA) is 52.7 Å². The van der Waals surface area contributed by atoms with Crippen LogP contribution >= 0.6 is 11.3 Å². The standard InChI is InChI=1S/C18H19N3O2S/c1-20(2)9-5-8-17(22)21-10-13(11-21)18(23)19-15-12-24-16-7-4-3-6-14(15)16/h3-4,6-7,12-13H,9-11H2,1-2H3,(H,19,23). The smallest absolute Gasteiger partial charge is 0.298 e. The van der Waals surface area contributed by atoms with Gasteiger partial charge in [0.15, 0.2) is 0 Å². The summed E-state index contributed by atoms with van der Waals surface area (Å²) in [6.07, 6.45) is 0. The first-order chi connectivity index (χ1) is 11.5. The fourth-order valence-electron chi connectivity index (χ4n) is 2.47. The van der Waals surface area contributed by atoms with E-state index < -0.39 is 0 Å². The maximum atomic E-state index is 12.3. The molecule has 24 heavy (non-hydrogen) atoms. The van der Waals surface area contributed by atoms with E-state index in [0.717, 1.165) is 15.8 Å². The minimum absolute atomic E-state index is 0.0381. The molecule has 5 nitrogen and oxygen atoms in total. The van der Waals surface area contributed by atoms with Crippen LogP contribution < -0.4 is 5.32 Å². The highest BCUT2D eigenvalue weighted by atomic mass is 32.1. The molecule has 1 fully saturated rings. The molecule has 124 valence electrons. The number of fused-ring (bicyclic) bond motifs is 1. The first kappa shape index (κ1) is 16.5. The van der Waals surface area contributed by atoms with Gasteiger partial charge < -0.3 is 10.2 Å². The van der Waals surface area contributed by atoms with Crippen LogP contribution in [0.2, 0.25) is 0 Å². The Morgan fingerprint density at radius 2 is 2.08 bits per heavy atom. The molecular weight excluding hydrogens is 322 g/mol. The quantitative estimate of drug-likeness (QED) is 0.867. The largest absolute Gasteiger partial charge is 0.330 e. The van der Waals surface area contributed by atoms with Crippen molar-refractivity contribution in [2.24, 2.45) is 5.92 Å². The first-order valence-corrected chi connectivity index (χ1v) is 8.62. The number of rotatable bonds is 3. The number of hydrogen-bond acceptors (Lipinski definition) is 4. The number of nitrogens with zero attached hydrogens (tertiary/aromatic N) is 2. The van der Waals surface area contributed by atoms with Gasteiger partial charge in [-0.3, -0.25) is 14.5 Å². The lowest BCUT2D eigenvalue weighted by atomic mass is 9.99. The molecule has 0 atom stereocenters. The van der Waals surface area contributed by atoms with E-state index in [2.05, 4.69) is 17.2 Å². The summed E-state index contributed by atoms with van der Waals surface area (Å²) >= 11 is 1.61. The van der Waals surface area contributed by atoms with Crippen molar-refractivity contribution in [3.05, 3.63) is 29.6 Å². The molecule has 1 aromatic heterocycles. The molecule has 0 saturated carbocycles. The van der Waals surface area contributed by atoms with Crippen molar-refractivity contribution in [1.82, 2.24) is 9.80 Å². The van der Waals surface area contributed by atoms with Crippen LogP contribution in [-0.2, 0) is 9.59 Å². The molecule has 3 rings (SSSR count). The predicted octanol–water partition coefficient (Wildman–Crippen LogP) is 1.86. The summed E-state index contributed by atoms with van der Waals surface area (Å²) in [5, 5.41) is 5.98. The number of amides is 2. The van der Waals surface area contributed by atoms with Crippen LogP contribution in [0.25, 0.3) is 10.1 Å². The molecular formula is C18H19N3O2S. The lowest BCUT2D eigenvalue weighted by Gasteiger charge is -2.36. The molecule has 6 heteroatoms. The molecule has 0 aliphatic carbocycles. The molecule has 2 heterocycles. The number of nitrogens with one attached hydrogen (secondary N) is 1. The molecule has 1 aromatic carbocycles. The number of thiophene rings is 1. The van der Waals surface area contributed by atoms with E-state index in [-0.39, 0.29) is 17.7 Å². The third kappa shape index (κ3) is 3.58. The predicted molar refractivity (Wildman–Crippen MR) is 96.9 cm³/mol. The van der Waals surface area contributed by atoms with E-state index in [1.165, 1.54) is 0 Å². The average Bonchev–Trinajstić information content (AvgIpc) is 2.89. The summed E-state index contributed by atoms with van der Waals surface area (Å²) in [5.41, 5.74) is 0.844. The summed E-state index contributed by atoms with van der Waals surface area (Å²) in [5.74, 6) is 5.02. The molecule has 1 aliphatic rings. The molecule has 1 N–H and O–H groups in total. The van der Waals surface area contributed by atoms with E-state index in [1.54, 1.807) is 16.2 Å². The Balaban J connectivity index is 1.53. The van der Waals surface area contributed by atoms with Gasteiger partial charge in [0.1, 0.15) is 0 Å². The second kappa shape index (κ2) is 7.04. The van der Waals surface area contributed by atoms with Crippen LogP contribution in [0.4, 0.5) is 5.69 Å². The fourth-order valence-corrected chi connectivity index (χ4v) is 3.36. The van der Waals surface area contributed by atoms with Crippen molar-refractivity contribution in [3.8, 4) is 11.8 Å². The number of benzene rings is 1. The van der Waals surface area contributed by atoms with E-state index in [4.69, 9.17) is 0 Å². The fraction of sp³-hybridized carbons (Fsp3) is 0.333. The molecule has 2 aromatic rings. The molecule has 1 saturated heterocycles. The second-order valence-electron chi connectivity index (χ2n) is 6.08. The molecule has 2 amide bonds. The van der Waals surface area contributed by atoms with E-state index >= 15 is 0 Å². The van der Waals surface area contributed by atoms with Gasteiger partial charge in [0.05, 0.1) is 18.2 Å². The Morgan fingerprint density at radius 1 is 1.33 bits per heavy atom. The Morgan fingerprint density at radius 3 is 2.83 bits per heavy atom. The molecule has 0 bridgehead atoms. The Labute approximate surface area is 145 Å². The minimum Gasteiger partial charge on any atom is -0.330 e. The first-order valence-electron chi connectivity index (χ1n) is 7.74. The number of likely N-dealkylation sites (tertiary alicyclic amines) is 1. The summed E-state index contributed by atoms with van der Waals surface area (Å²) in [7, 11) is 3.80. The number of carbonyl (C=O) groups excluding carboxylic acids is 2. The van der Waals surface area contributed by atoms with Crippen molar-refractivity contribution in [1.29, 1.82) is 0 Å². The highest BCUT2D eigenvalue weighted by Crippen LogP contribution is 2.30. The van der Waals surface area contributed by atoms with Crippen LogP contribution in [-0.4, -0.2) is 55.3 Å². The second-order valence-corrected chi connectivity index (χ2v) is 6.99. The van der Waals surface area contributed by atoms with Crippen molar-refractivity contribution < 1.29 is 9.59 Å². The van der Waals surface area contributed by atoms with Crippen molar-refractivity contribution >= 4 is 38.9 Å². The van der Waals surface area contributed by atoms with Gasteiger partial charge >= 0.3 is 0 Å². The molecule has 0 spiro atoms. The maximum Gasteiger partial charge on any atom is 0.298 e. The highest BCUT2D eigenvalue weighted by molar-refractivity contribution is 7.17. The SMILES string of the molecule is CN(C)CC#CC(=O)N1CC(C(=O)Nc2csc3ccccc23)C1. The number of hydrogen-bond donors (Lipinski definition) is 1. The van der Waals surface area contributed by atoms with E-state index in [1.807, 2.05) is 48.6 Å². The zero-order chi connectivity index (χ0) is 17.1. The zero-order valence-corrected chi connectivity index (χ0v) is 14.5. The third-order valence-electron chi connectivity index (χ3n) is 3.87. The van der Waals surface area contributed by atoms with E-state index in [0.29, 0.717) is 19.6 Å². The third-order valence-corrected chi connectivity index (χ3v) is 4.83. The van der Waals surface area contributed by atoms with Crippen LogP contribution in [0, 0.1) is 17.8 Å². The van der Waals surface area contributed by atoms with E-state index in [9.17, 15) is 9.59 Å². The Kier molecular flexibility index (Phi) is 4.84. The van der Waals surface area contributed by atoms with Gasteiger partial charge in [-0.1, -0.05) is 24.1 Å². The van der Waals surface area contributed by atoms with Gasteiger partial charge in [-0.05, 0) is 26.1 Å². The number of anilines is 1. The molecule has 1 aliphatic heterocycles. The van der Waals surface area contributed by atoms with Crippen molar-refractivity contribution in [2.45, 2.75) is 0 Å². The molecule has 0 unspecified atom stereocenters. The van der Waals surface area contributed by atoms with Gasteiger partial charge in [0.25, 0.3) is 5.91 Å². The monoisotopic (exact) mass is 341 g/mol. The lowest BCUT2D eigenvalue weighted by molar-refractivity contribution is -0.136. The summed E-state index contributed by atoms with van der Waals surface area (Å²) < 4.78 is 1.15. The van der Waals surface area contributed by atoms with Crippen molar-refractivity contribution in [3.63, 3.8) is 0 Å². The summed E-state index contributed by atoms with van der Waals surface area (Å²) in [6.45, 7) is 1.42. The molecule has 0 radical (unpaired) electrons. The normalized spacial score (nSPS) is 14.2. The lowest BCUT2D eigenvalue weighted by Crippen LogP contribution is -2.54. The maximum absolute atomic E-state index is 12.3. The van der Waals surface area contributed by atoms with Crippen LogP contribution in [0.1, 0.15) is 0 Å². The average molecular weight is 341 g/mol.